The number of imidazole rings is 1. The number of para-hydroxylation sites is 3. The van der Waals surface area contributed by atoms with E-state index in [2.05, 4.69) is 29.7 Å². The summed E-state index contributed by atoms with van der Waals surface area (Å²) >= 11 is 1.40. The highest BCUT2D eigenvalue weighted by molar-refractivity contribution is 7.99. The van der Waals surface area contributed by atoms with Gasteiger partial charge in [-0.05, 0) is 35.7 Å². The Morgan fingerprint density at radius 2 is 1.69 bits per heavy atom. The van der Waals surface area contributed by atoms with Crippen molar-refractivity contribution in [2.45, 2.75) is 25.0 Å². The second-order valence-corrected chi connectivity index (χ2v) is 8.22. The lowest BCUT2D eigenvalue weighted by atomic mass is 10.1. The van der Waals surface area contributed by atoms with E-state index < -0.39 is 0 Å². The molecule has 0 fully saturated rings. The fraction of sp³-hybridized carbons (Fsp3) is 0.231. The number of carbonyl (C=O) groups is 1. The van der Waals surface area contributed by atoms with Crippen LogP contribution < -0.4 is 4.74 Å². The van der Waals surface area contributed by atoms with Crippen LogP contribution in [0, 0.1) is 0 Å². The molecule has 0 aliphatic heterocycles. The minimum absolute atomic E-state index is 0.198. The second-order valence-electron chi connectivity index (χ2n) is 7.27. The van der Waals surface area contributed by atoms with E-state index in [-0.39, 0.29) is 18.3 Å². The van der Waals surface area contributed by atoms with Crippen molar-refractivity contribution in [3.05, 3.63) is 90.0 Å². The quantitative estimate of drug-likeness (QED) is 0.186. The van der Waals surface area contributed by atoms with Crippen LogP contribution in [0.15, 0.2) is 84.0 Å². The Labute approximate surface area is 192 Å². The average Bonchev–Trinajstić information content (AvgIpc) is 3.18. The van der Waals surface area contributed by atoms with E-state index >= 15 is 0 Å². The maximum atomic E-state index is 12.3. The number of ether oxygens (including phenoxy) is 2. The summed E-state index contributed by atoms with van der Waals surface area (Å²) in [5, 5.41) is 0.806. The van der Waals surface area contributed by atoms with Crippen LogP contribution in [0.5, 0.6) is 5.75 Å². The molecule has 4 rings (SSSR count). The summed E-state index contributed by atoms with van der Waals surface area (Å²) in [5.41, 5.74) is 4.30. The molecule has 6 heteroatoms. The molecule has 1 heterocycles. The molecule has 0 saturated carbocycles. The fourth-order valence-electron chi connectivity index (χ4n) is 3.49. The first-order valence-electron chi connectivity index (χ1n) is 10.7. The third-order valence-electron chi connectivity index (χ3n) is 5.08. The number of rotatable bonds is 10. The molecule has 4 aromatic rings. The van der Waals surface area contributed by atoms with Gasteiger partial charge in [-0.15, -0.1) is 0 Å². The molecule has 0 aliphatic rings. The van der Waals surface area contributed by atoms with Crippen LogP contribution in [-0.2, 0) is 22.5 Å². The fourth-order valence-corrected chi connectivity index (χ4v) is 4.30. The van der Waals surface area contributed by atoms with Crippen LogP contribution in [0.1, 0.15) is 18.1 Å². The molecule has 0 spiro atoms. The molecule has 3 aromatic carbocycles. The number of thioether (sulfide) groups is 1. The number of fused-ring (bicyclic) bond motifs is 1. The maximum Gasteiger partial charge on any atom is 0.316 e. The molecule has 32 heavy (non-hydrogen) atoms. The summed E-state index contributed by atoms with van der Waals surface area (Å²) in [6.45, 7) is 3.34. The molecule has 0 saturated heterocycles. The largest absolute Gasteiger partial charge is 0.490 e. The van der Waals surface area contributed by atoms with E-state index in [0.717, 1.165) is 33.9 Å². The average molecular weight is 447 g/mol. The van der Waals surface area contributed by atoms with E-state index in [1.165, 1.54) is 17.3 Å². The van der Waals surface area contributed by atoms with Gasteiger partial charge < -0.3 is 14.0 Å². The van der Waals surface area contributed by atoms with E-state index in [4.69, 9.17) is 14.5 Å². The summed E-state index contributed by atoms with van der Waals surface area (Å²) in [5.74, 6) is 0.764. The van der Waals surface area contributed by atoms with Crippen LogP contribution in [0.25, 0.3) is 11.0 Å². The van der Waals surface area contributed by atoms with Gasteiger partial charge in [-0.2, -0.15) is 0 Å². The first kappa shape index (κ1) is 22.0. The molecule has 1 aromatic heterocycles. The Bertz CT molecular complexity index is 1170. The van der Waals surface area contributed by atoms with Crippen LogP contribution in [0.4, 0.5) is 0 Å². The predicted molar refractivity (Wildman–Crippen MR) is 128 cm³/mol. The molecule has 0 aliphatic carbocycles. The number of hydrogen-bond acceptors (Lipinski definition) is 5. The second kappa shape index (κ2) is 10.9. The Morgan fingerprint density at radius 1 is 0.938 bits per heavy atom. The van der Waals surface area contributed by atoms with Gasteiger partial charge in [0.05, 0.1) is 23.3 Å². The Kier molecular flexibility index (Phi) is 7.46. The van der Waals surface area contributed by atoms with Crippen LogP contribution in [-0.4, -0.2) is 34.5 Å². The molecular formula is C26H26N2O3S. The zero-order valence-electron chi connectivity index (χ0n) is 18.1. The van der Waals surface area contributed by atoms with Gasteiger partial charge in [-0.1, -0.05) is 79.3 Å². The Morgan fingerprint density at radius 3 is 2.53 bits per heavy atom. The molecule has 0 unspecified atom stereocenters. The van der Waals surface area contributed by atoms with E-state index in [0.29, 0.717) is 13.2 Å². The molecule has 0 N–H and O–H groups in total. The van der Waals surface area contributed by atoms with Crippen molar-refractivity contribution < 1.29 is 14.3 Å². The van der Waals surface area contributed by atoms with Crippen molar-refractivity contribution in [3.63, 3.8) is 0 Å². The van der Waals surface area contributed by atoms with Gasteiger partial charge in [0.15, 0.2) is 5.16 Å². The smallest absolute Gasteiger partial charge is 0.316 e. The van der Waals surface area contributed by atoms with Crippen molar-refractivity contribution in [2.24, 2.45) is 0 Å². The standard InChI is InChI=1S/C26H26N2O3S/c1-2-21-12-6-9-15-24(21)30-16-17-31-25(29)19-32-26-27-22-13-7-8-14-23(22)28(26)18-20-10-4-3-5-11-20/h3-15H,2,16-19H2,1H3. The van der Waals surface area contributed by atoms with Crippen molar-refractivity contribution in [1.29, 1.82) is 0 Å². The molecule has 0 amide bonds. The first-order valence-corrected chi connectivity index (χ1v) is 11.7. The number of nitrogens with zero attached hydrogens (tertiary/aromatic N) is 2. The number of aryl methyl sites for hydroxylation is 1. The topological polar surface area (TPSA) is 53.4 Å². The zero-order valence-corrected chi connectivity index (χ0v) is 18.9. The van der Waals surface area contributed by atoms with Gasteiger partial charge in [-0.25, -0.2) is 4.98 Å². The molecule has 0 bridgehead atoms. The van der Waals surface area contributed by atoms with Crippen molar-refractivity contribution in [1.82, 2.24) is 9.55 Å². The van der Waals surface area contributed by atoms with Crippen LogP contribution >= 0.6 is 11.8 Å². The van der Waals surface area contributed by atoms with E-state index in [9.17, 15) is 4.79 Å². The number of esters is 1. The lowest BCUT2D eigenvalue weighted by Crippen LogP contribution is -2.14. The third-order valence-corrected chi connectivity index (χ3v) is 6.03. The predicted octanol–water partition coefficient (Wildman–Crippen LogP) is 5.36. The van der Waals surface area contributed by atoms with Gasteiger partial charge in [0.25, 0.3) is 0 Å². The van der Waals surface area contributed by atoms with Crippen molar-refractivity contribution >= 4 is 28.8 Å². The maximum absolute atomic E-state index is 12.3. The Balaban J connectivity index is 1.33. The van der Waals surface area contributed by atoms with Gasteiger partial charge >= 0.3 is 5.97 Å². The summed E-state index contributed by atoms with van der Waals surface area (Å²) in [6, 6.07) is 26.2. The summed E-state index contributed by atoms with van der Waals surface area (Å²) in [6.07, 6.45) is 0.899. The molecular weight excluding hydrogens is 420 g/mol. The molecule has 0 atom stereocenters. The lowest BCUT2D eigenvalue weighted by molar-refractivity contribution is -0.141. The minimum Gasteiger partial charge on any atom is -0.490 e. The highest BCUT2D eigenvalue weighted by Crippen LogP contribution is 2.25. The minimum atomic E-state index is -0.277. The number of benzene rings is 3. The SMILES string of the molecule is CCc1ccccc1OCCOC(=O)CSc1nc2ccccc2n1Cc1ccccc1. The van der Waals surface area contributed by atoms with Gasteiger partial charge in [0.2, 0.25) is 0 Å². The van der Waals surface area contributed by atoms with Crippen LogP contribution in [0.2, 0.25) is 0 Å². The summed E-state index contributed by atoms with van der Waals surface area (Å²) in [7, 11) is 0. The third kappa shape index (κ3) is 5.51. The molecule has 5 nitrogen and oxygen atoms in total. The van der Waals surface area contributed by atoms with Gasteiger partial charge in [0, 0.05) is 0 Å². The Hall–Kier alpha value is -3.25. The first-order chi connectivity index (χ1) is 15.7. The molecule has 164 valence electrons. The zero-order chi connectivity index (χ0) is 22.2. The van der Waals surface area contributed by atoms with E-state index in [1.54, 1.807) is 0 Å². The van der Waals surface area contributed by atoms with E-state index in [1.807, 2.05) is 60.7 Å². The highest BCUT2D eigenvalue weighted by atomic mass is 32.2. The van der Waals surface area contributed by atoms with Gasteiger partial charge in [-0.3, -0.25) is 4.79 Å². The van der Waals surface area contributed by atoms with Crippen molar-refractivity contribution in [3.8, 4) is 5.75 Å². The van der Waals surface area contributed by atoms with Crippen molar-refractivity contribution in [2.75, 3.05) is 19.0 Å². The monoisotopic (exact) mass is 446 g/mol. The summed E-state index contributed by atoms with van der Waals surface area (Å²) < 4.78 is 13.3. The number of carbonyl (C=O) groups excluding carboxylic acids is 1. The van der Waals surface area contributed by atoms with Gasteiger partial charge in [0.1, 0.15) is 19.0 Å². The number of hydrogen-bond donors (Lipinski definition) is 0. The highest BCUT2D eigenvalue weighted by Gasteiger charge is 2.14. The summed E-state index contributed by atoms with van der Waals surface area (Å²) in [4.78, 5) is 17.0. The normalized spacial score (nSPS) is 10.9. The lowest BCUT2D eigenvalue weighted by Gasteiger charge is -2.11. The molecule has 0 radical (unpaired) electrons. The van der Waals surface area contributed by atoms with Crippen LogP contribution in [0.3, 0.4) is 0 Å². The number of aromatic nitrogens is 2.